The van der Waals surface area contributed by atoms with Crippen LogP contribution >= 0.6 is 0 Å². The van der Waals surface area contributed by atoms with Gasteiger partial charge in [-0.3, -0.25) is 13.9 Å². The molecular weight excluding hydrogens is 196 g/mol. The number of fused-ring (bicyclic) bond motifs is 1. The molecule has 0 aliphatic heterocycles. The SMILES string of the molecule is CCn1cnc2c1c(=O)n(C)c(=O)n2C. The largest absolute Gasteiger partial charge is 0.332 e. The number of rotatable bonds is 1. The van der Waals surface area contributed by atoms with E-state index in [2.05, 4.69) is 4.98 Å². The van der Waals surface area contributed by atoms with Crippen LogP contribution in [0.25, 0.3) is 11.2 Å². The Hall–Kier alpha value is -1.85. The second-order valence-electron chi connectivity index (χ2n) is 3.41. The van der Waals surface area contributed by atoms with Crippen molar-refractivity contribution < 1.29 is 0 Å². The first kappa shape index (κ1) is 9.70. The average molecular weight is 208 g/mol. The summed E-state index contributed by atoms with van der Waals surface area (Å²) in [6, 6.07) is 0. The molecule has 0 bridgehead atoms. The molecule has 0 saturated heterocycles. The van der Waals surface area contributed by atoms with Crippen LogP contribution in [0.3, 0.4) is 0 Å². The molecule has 0 amide bonds. The van der Waals surface area contributed by atoms with Crippen LogP contribution in [0.1, 0.15) is 6.92 Å². The molecule has 0 radical (unpaired) electrons. The fourth-order valence-electron chi connectivity index (χ4n) is 1.64. The molecule has 80 valence electrons. The summed E-state index contributed by atoms with van der Waals surface area (Å²) in [6.07, 6.45) is 1.57. The van der Waals surface area contributed by atoms with Gasteiger partial charge < -0.3 is 4.57 Å². The summed E-state index contributed by atoms with van der Waals surface area (Å²) in [5, 5.41) is 0. The van der Waals surface area contributed by atoms with Gasteiger partial charge >= 0.3 is 5.69 Å². The lowest BCUT2D eigenvalue weighted by atomic mass is 10.5. The Kier molecular flexibility index (Phi) is 1.99. The fraction of sp³-hybridized carbons (Fsp3) is 0.444. The molecule has 0 aromatic carbocycles. The highest BCUT2D eigenvalue weighted by Crippen LogP contribution is 2.04. The Morgan fingerprint density at radius 3 is 2.53 bits per heavy atom. The van der Waals surface area contributed by atoms with E-state index in [-0.39, 0.29) is 11.2 Å². The van der Waals surface area contributed by atoms with E-state index in [1.165, 1.54) is 11.6 Å². The van der Waals surface area contributed by atoms with Gasteiger partial charge in [0.05, 0.1) is 6.33 Å². The maximum absolute atomic E-state index is 11.8. The van der Waals surface area contributed by atoms with Crippen molar-refractivity contribution in [2.75, 3.05) is 0 Å². The summed E-state index contributed by atoms with van der Waals surface area (Å²) in [4.78, 5) is 27.5. The third-order valence-electron chi connectivity index (χ3n) is 2.56. The van der Waals surface area contributed by atoms with Crippen LogP contribution in [0.5, 0.6) is 0 Å². The molecular formula is C9H12N4O2. The van der Waals surface area contributed by atoms with Gasteiger partial charge in [0.15, 0.2) is 11.2 Å². The van der Waals surface area contributed by atoms with Gasteiger partial charge in [-0.05, 0) is 6.92 Å². The maximum Gasteiger partial charge on any atom is 0.332 e. The minimum Gasteiger partial charge on any atom is -0.325 e. The van der Waals surface area contributed by atoms with Crippen molar-refractivity contribution in [2.24, 2.45) is 14.1 Å². The molecule has 0 aliphatic carbocycles. The molecule has 0 fully saturated rings. The summed E-state index contributed by atoms with van der Waals surface area (Å²) in [7, 11) is 3.08. The van der Waals surface area contributed by atoms with E-state index >= 15 is 0 Å². The van der Waals surface area contributed by atoms with Crippen LogP contribution in [0, 0.1) is 0 Å². The van der Waals surface area contributed by atoms with E-state index in [0.717, 1.165) is 4.57 Å². The first-order valence-corrected chi connectivity index (χ1v) is 4.68. The third-order valence-corrected chi connectivity index (χ3v) is 2.56. The molecule has 0 atom stereocenters. The predicted molar refractivity (Wildman–Crippen MR) is 55.9 cm³/mol. The number of hydrogen-bond acceptors (Lipinski definition) is 3. The number of nitrogens with zero attached hydrogens (tertiary/aromatic N) is 4. The molecule has 2 rings (SSSR count). The monoisotopic (exact) mass is 208 g/mol. The van der Waals surface area contributed by atoms with Crippen LogP contribution in [0.15, 0.2) is 15.9 Å². The van der Waals surface area contributed by atoms with Gasteiger partial charge in [0.1, 0.15) is 0 Å². The van der Waals surface area contributed by atoms with E-state index in [0.29, 0.717) is 17.7 Å². The number of hydrogen-bond donors (Lipinski definition) is 0. The van der Waals surface area contributed by atoms with Crippen LogP contribution in [0.4, 0.5) is 0 Å². The van der Waals surface area contributed by atoms with Crippen molar-refractivity contribution in [3.05, 3.63) is 27.2 Å². The minimum atomic E-state index is -0.353. The Morgan fingerprint density at radius 1 is 1.27 bits per heavy atom. The van der Waals surface area contributed by atoms with Gasteiger partial charge in [0, 0.05) is 20.6 Å². The van der Waals surface area contributed by atoms with Crippen molar-refractivity contribution >= 4 is 11.2 Å². The fourth-order valence-corrected chi connectivity index (χ4v) is 1.64. The summed E-state index contributed by atoms with van der Waals surface area (Å²) < 4.78 is 4.20. The first-order valence-electron chi connectivity index (χ1n) is 4.68. The smallest absolute Gasteiger partial charge is 0.325 e. The third kappa shape index (κ3) is 1.14. The molecule has 2 aromatic rings. The molecule has 0 spiro atoms. The van der Waals surface area contributed by atoms with Gasteiger partial charge in [-0.1, -0.05) is 0 Å². The van der Waals surface area contributed by atoms with Gasteiger partial charge in [-0.15, -0.1) is 0 Å². The summed E-state index contributed by atoms with van der Waals surface area (Å²) in [5.74, 6) is 0. The zero-order valence-electron chi connectivity index (χ0n) is 8.89. The topological polar surface area (TPSA) is 61.8 Å². The van der Waals surface area contributed by atoms with E-state index in [9.17, 15) is 9.59 Å². The van der Waals surface area contributed by atoms with E-state index in [1.807, 2.05) is 6.92 Å². The summed E-state index contributed by atoms with van der Waals surface area (Å²) in [6.45, 7) is 2.58. The highest BCUT2D eigenvalue weighted by molar-refractivity contribution is 5.69. The predicted octanol–water partition coefficient (Wildman–Crippen LogP) is -0.546. The van der Waals surface area contributed by atoms with Crippen molar-refractivity contribution in [1.82, 2.24) is 18.7 Å². The van der Waals surface area contributed by atoms with Gasteiger partial charge in [-0.2, -0.15) is 0 Å². The van der Waals surface area contributed by atoms with Crippen molar-refractivity contribution in [1.29, 1.82) is 0 Å². The number of aryl methyl sites for hydroxylation is 2. The molecule has 0 N–H and O–H groups in total. The van der Waals surface area contributed by atoms with E-state index in [4.69, 9.17) is 0 Å². The normalized spacial score (nSPS) is 11.1. The van der Waals surface area contributed by atoms with Crippen LogP contribution in [-0.4, -0.2) is 18.7 Å². The average Bonchev–Trinajstić information content (AvgIpc) is 2.67. The zero-order chi connectivity index (χ0) is 11.2. The highest BCUT2D eigenvalue weighted by atomic mass is 16.2. The molecule has 0 saturated carbocycles. The quantitative estimate of drug-likeness (QED) is 0.632. The van der Waals surface area contributed by atoms with Gasteiger partial charge in [0.2, 0.25) is 0 Å². The lowest BCUT2D eigenvalue weighted by Crippen LogP contribution is -2.37. The Bertz CT molecular complexity index is 632. The molecule has 15 heavy (non-hydrogen) atoms. The minimum absolute atomic E-state index is 0.299. The van der Waals surface area contributed by atoms with Crippen LogP contribution in [-0.2, 0) is 20.6 Å². The van der Waals surface area contributed by atoms with Crippen LogP contribution < -0.4 is 11.2 Å². The molecule has 2 aromatic heterocycles. The molecule has 0 aliphatic rings. The first-order chi connectivity index (χ1) is 7.07. The van der Waals surface area contributed by atoms with Crippen molar-refractivity contribution in [3.63, 3.8) is 0 Å². The van der Waals surface area contributed by atoms with Gasteiger partial charge in [-0.25, -0.2) is 9.78 Å². The summed E-state index contributed by atoms with van der Waals surface area (Å²) in [5.41, 5.74) is 0.258. The van der Waals surface area contributed by atoms with Gasteiger partial charge in [0.25, 0.3) is 5.56 Å². The Morgan fingerprint density at radius 2 is 1.93 bits per heavy atom. The standard InChI is InChI=1S/C9H12N4O2/c1-4-13-5-10-7-6(13)8(14)12(3)9(15)11(7)2/h5H,4H2,1-3H3. The zero-order valence-corrected chi connectivity index (χ0v) is 8.89. The molecule has 6 heteroatoms. The summed E-state index contributed by atoms with van der Waals surface area (Å²) >= 11 is 0. The molecule has 2 heterocycles. The lowest BCUT2D eigenvalue weighted by molar-refractivity contribution is 0.699. The van der Waals surface area contributed by atoms with Crippen molar-refractivity contribution in [3.8, 4) is 0 Å². The Balaban J connectivity index is 3.11. The molecule has 0 unspecified atom stereocenters. The second kappa shape index (κ2) is 3.08. The number of aromatic nitrogens is 4. The molecule has 6 nitrogen and oxygen atoms in total. The van der Waals surface area contributed by atoms with Crippen molar-refractivity contribution in [2.45, 2.75) is 13.5 Å². The highest BCUT2D eigenvalue weighted by Gasteiger charge is 2.12. The maximum atomic E-state index is 11.8. The van der Waals surface area contributed by atoms with Crippen LogP contribution in [0.2, 0.25) is 0 Å². The van der Waals surface area contributed by atoms with E-state index in [1.54, 1.807) is 17.9 Å². The Labute approximate surface area is 85.4 Å². The number of imidazole rings is 1. The lowest BCUT2D eigenvalue weighted by Gasteiger charge is -2.04. The second-order valence-corrected chi connectivity index (χ2v) is 3.41. The van der Waals surface area contributed by atoms with E-state index < -0.39 is 0 Å².